The summed E-state index contributed by atoms with van der Waals surface area (Å²) in [5.41, 5.74) is 1.30. The van der Waals surface area contributed by atoms with Crippen LogP contribution in [0.25, 0.3) is 0 Å². The molecule has 0 radical (unpaired) electrons. The van der Waals surface area contributed by atoms with Crippen molar-refractivity contribution < 1.29 is 0 Å². The Morgan fingerprint density at radius 1 is 1.25 bits per heavy atom. The Bertz CT molecular complexity index is 213. The molecule has 1 rings (SSSR count). The van der Waals surface area contributed by atoms with Crippen molar-refractivity contribution in [3.8, 4) is 0 Å². The Morgan fingerprint density at radius 2 is 2.00 bits per heavy atom. The lowest BCUT2D eigenvalue weighted by Gasteiger charge is -2.22. The molecule has 0 unspecified atom stereocenters. The molecule has 0 aromatic rings. The fourth-order valence-electron chi connectivity index (χ4n) is 1.98. The number of hydrogen-bond donors (Lipinski definition) is 1. The first-order valence-electron chi connectivity index (χ1n) is 6.39. The third-order valence-electron chi connectivity index (χ3n) is 3.02. The van der Waals surface area contributed by atoms with Gasteiger partial charge in [0.2, 0.25) is 0 Å². The van der Waals surface area contributed by atoms with Gasteiger partial charge in [0.05, 0.1) is 0 Å². The quantitative estimate of drug-likeness (QED) is 0.709. The largest absolute Gasteiger partial charge is 0.311 e. The molecule has 0 aliphatic carbocycles. The minimum absolute atomic E-state index is 0.548. The van der Waals surface area contributed by atoms with Gasteiger partial charge in [0.1, 0.15) is 0 Å². The Labute approximate surface area is 100 Å². The minimum atomic E-state index is 0.548. The van der Waals surface area contributed by atoms with Crippen LogP contribution in [0.15, 0.2) is 12.2 Å². The van der Waals surface area contributed by atoms with Crippen LogP contribution in [0, 0.1) is 0 Å². The van der Waals surface area contributed by atoms with E-state index in [0.717, 1.165) is 13.1 Å². The van der Waals surface area contributed by atoms with Crippen molar-refractivity contribution in [1.29, 1.82) is 0 Å². The van der Waals surface area contributed by atoms with Crippen molar-refractivity contribution in [1.82, 2.24) is 15.1 Å². The maximum Gasteiger partial charge on any atom is 0.0203 e. The van der Waals surface area contributed by atoms with Gasteiger partial charge in [-0.15, -0.1) is 0 Å². The lowest BCUT2D eigenvalue weighted by atomic mass is 10.2. The van der Waals surface area contributed by atoms with Crippen molar-refractivity contribution in [2.75, 3.05) is 46.3 Å². The predicted octanol–water partition coefficient (Wildman–Crippen LogP) is 1.18. The van der Waals surface area contributed by atoms with E-state index in [1.807, 2.05) is 0 Å². The average Bonchev–Trinajstić information content (AvgIpc) is 2.41. The average molecular weight is 225 g/mol. The molecule has 0 amide bonds. The van der Waals surface area contributed by atoms with Crippen LogP contribution >= 0.6 is 0 Å². The highest BCUT2D eigenvalue weighted by Crippen LogP contribution is 2.03. The summed E-state index contributed by atoms with van der Waals surface area (Å²) in [4.78, 5) is 4.93. The van der Waals surface area contributed by atoms with Crippen LogP contribution in [0.5, 0.6) is 0 Å². The number of likely N-dealkylation sites (N-methyl/N-ethyl adjacent to an activating group) is 1. The summed E-state index contributed by atoms with van der Waals surface area (Å²) in [6, 6.07) is 0.548. The van der Waals surface area contributed by atoms with E-state index < -0.39 is 0 Å². The van der Waals surface area contributed by atoms with Crippen molar-refractivity contribution in [2.24, 2.45) is 0 Å². The van der Waals surface area contributed by atoms with E-state index in [9.17, 15) is 0 Å². The van der Waals surface area contributed by atoms with Crippen LogP contribution in [0.1, 0.15) is 20.3 Å². The fourth-order valence-corrected chi connectivity index (χ4v) is 1.98. The second-order valence-corrected chi connectivity index (χ2v) is 5.22. The Balaban J connectivity index is 2.22. The van der Waals surface area contributed by atoms with Crippen molar-refractivity contribution in [3.05, 3.63) is 12.2 Å². The molecule has 0 atom stereocenters. The summed E-state index contributed by atoms with van der Waals surface area (Å²) in [6.45, 7) is 15.3. The standard InChI is InChI=1S/C13H27N3/c1-12(2)14-10-13(3)11-16-7-5-6-15(4)8-9-16/h12,14H,3,5-11H2,1-2,4H3. The number of nitrogens with zero attached hydrogens (tertiary/aromatic N) is 2. The third-order valence-corrected chi connectivity index (χ3v) is 3.02. The maximum absolute atomic E-state index is 4.15. The van der Waals surface area contributed by atoms with Gasteiger partial charge in [-0.25, -0.2) is 0 Å². The molecule has 1 N–H and O–H groups in total. The van der Waals surface area contributed by atoms with E-state index in [1.165, 1.54) is 38.2 Å². The highest BCUT2D eigenvalue weighted by molar-refractivity contribution is 5.00. The van der Waals surface area contributed by atoms with Gasteiger partial charge in [0.15, 0.2) is 0 Å². The third kappa shape index (κ3) is 5.64. The number of hydrogen-bond acceptors (Lipinski definition) is 3. The molecule has 1 saturated heterocycles. The van der Waals surface area contributed by atoms with Crippen molar-refractivity contribution in [2.45, 2.75) is 26.3 Å². The normalized spacial score (nSPS) is 20.0. The lowest BCUT2D eigenvalue weighted by Crippen LogP contribution is -2.33. The molecule has 0 saturated carbocycles. The van der Waals surface area contributed by atoms with Gasteiger partial charge in [0, 0.05) is 32.2 Å². The molecule has 1 aliphatic heterocycles. The molecule has 1 aliphatic rings. The van der Waals surface area contributed by atoms with E-state index in [0.29, 0.717) is 6.04 Å². The first-order chi connectivity index (χ1) is 7.58. The van der Waals surface area contributed by atoms with E-state index in [4.69, 9.17) is 0 Å². The second-order valence-electron chi connectivity index (χ2n) is 5.22. The first-order valence-corrected chi connectivity index (χ1v) is 6.39. The highest BCUT2D eigenvalue weighted by Gasteiger charge is 2.12. The van der Waals surface area contributed by atoms with Crippen molar-refractivity contribution in [3.63, 3.8) is 0 Å². The van der Waals surface area contributed by atoms with E-state index in [2.05, 4.69) is 42.6 Å². The van der Waals surface area contributed by atoms with Gasteiger partial charge in [-0.1, -0.05) is 20.4 Å². The smallest absolute Gasteiger partial charge is 0.0203 e. The molecule has 0 spiro atoms. The molecular formula is C13H27N3. The van der Waals surface area contributed by atoms with E-state index in [-0.39, 0.29) is 0 Å². The highest BCUT2D eigenvalue weighted by atomic mass is 15.2. The summed E-state index contributed by atoms with van der Waals surface area (Å²) in [6.07, 6.45) is 1.28. The van der Waals surface area contributed by atoms with Gasteiger partial charge in [-0.2, -0.15) is 0 Å². The van der Waals surface area contributed by atoms with Crippen molar-refractivity contribution >= 4 is 0 Å². The van der Waals surface area contributed by atoms with Crippen LogP contribution in [0.4, 0.5) is 0 Å². The minimum Gasteiger partial charge on any atom is -0.311 e. The van der Waals surface area contributed by atoms with Crippen LogP contribution < -0.4 is 5.32 Å². The van der Waals surface area contributed by atoms with Gasteiger partial charge >= 0.3 is 0 Å². The Kier molecular flexibility index (Phi) is 6.03. The molecule has 3 heteroatoms. The van der Waals surface area contributed by atoms with Crippen LogP contribution in [0.2, 0.25) is 0 Å². The molecule has 0 bridgehead atoms. The molecule has 1 fully saturated rings. The first kappa shape index (κ1) is 13.7. The molecular weight excluding hydrogens is 198 g/mol. The second kappa shape index (κ2) is 7.05. The molecule has 16 heavy (non-hydrogen) atoms. The molecule has 0 aromatic heterocycles. The summed E-state index contributed by atoms with van der Waals surface area (Å²) < 4.78 is 0. The predicted molar refractivity (Wildman–Crippen MR) is 70.8 cm³/mol. The Morgan fingerprint density at radius 3 is 2.69 bits per heavy atom. The summed E-state index contributed by atoms with van der Waals surface area (Å²) in [7, 11) is 2.21. The van der Waals surface area contributed by atoms with Gasteiger partial charge in [0.25, 0.3) is 0 Å². The zero-order valence-corrected chi connectivity index (χ0v) is 11.1. The molecule has 1 heterocycles. The fraction of sp³-hybridized carbons (Fsp3) is 0.846. The molecule has 0 aromatic carbocycles. The van der Waals surface area contributed by atoms with E-state index >= 15 is 0 Å². The van der Waals surface area contributed by atoms with Gasteiger partial charge in [-0.3, -0.25) is 4.90 Å². The molecule has 3 nitrogen and oxygen atoms in total. The SMILES string of the molecule is C=C(CNC(C)C)CN1CCCN(C)CC1. The lowest BCUT2D eigenvalue weighted by molar-refractivity contribution is 0.293. The summed E-state index contributed by atoms with van der Waals surface area (Å²) >= 11 is 0. The van der Waals surface area contributed by atoms with Gasteiger partial charge < -0.3 is 10.2 Å². The summed E-state index contributed by atoms with van der Waals surface area (Å²) in [5.74, 6) is 0. The van der Waals surface area contributed by atoms with Gasteiger partial charge in [-0.05, 0) is 32.1 Å². The topological polar surface area (TPSA) is 18.5 Å². The van der Waals surface area contributed by atoms with Crippen LogP contribution in [-0.4, -0.2) is 62.2 Å². The van der Waals surface area contributed by atoms with Crippen LogP contribution in [0.3, 0.4) is 0 Å². The Hall–Kier alpha value is -0.380. The monoisotopic (exact) mass is 225 g/mol. The zero-order chi connectivity index (χ0) is 12.0. The molecule has 94 valence electrons. The number of nitrogens with one attached hydrogen (secondary N) is 1. The zero-order valence-electron chi connectivity index (χ0n) is 11.1. The maximum atomic E-state index is 4.15. The summed E-state index contributed by atoms with van der Waals surface area (Å²) in [5, 5.41) is 3.42. The van der Waals surface area contributed by atoms with Crippen LogP contribution in [-0.2, 0) is 0 Å². The van der Waals surface area contributed by atoms with E-state index in [1.54, 1.807) is 0 Å². The number of rotatable bonds is 5.